The predicted molar refractivity (Wildman–Crippen MR) is 270 cm³/mol. The van der Waals surface area contributed by atoms with E-state index in [1.807, 2.05) is 0 Å². The summed E-state index contributed by atoms with van der Waals surface area (Å²) < 4.78 is 4.94. The lowest BCUT2D eigenvalue weighted by Gasteiger charge is -2.34. The van der Waals surface area contributed by atoms with Crippen molar-refractivity contribution in [2.75, 3.05) is 0 Å². The fourth-order valence-corrected chi connectivity index (χ4v) is 15.2. The van der Waals surface area contributed by atoms with Crippen LogP contribution in [0, 0.1) is 0 Å². The summed E-state index contributed by atoms with van der Waals surface area (Å²) in [6.45, 7) is 0. The van der Waals surface area contributed by atoms with Crippen LogP contribution in [0.1, 0.15) is 0 Å². The SMILES string of the molecule is c1ccc(-c2ccccc2-c2ccccc2-n2c3ccccc3c3cc(-n4c5ccccc5c5cc([Si](c6ccccc6)(c6ccccc6)c6ccccc6)ccc54)ccc32)cc1. The molecule has 0 unspecified atom stereocenters. The monoisotopic (exact) mass is 818 g/mol. The van der Waals surface area contributed by atoms with Crippen LogP contribution >= 0.6 is 0 Å². The maximum Gasteiger partial charge on any atom is 0.179 e. The number of aromatic nitrogens is 2. The Bertz CT molecular complexity index is 3510. The molecule has 0 aliphatic heterocycles. The van der Waals surface area contributed by atoms with E-state index in [0.717, 1.165) is 11.4 Å². The minimum atomic E-state index is -2.74. The minimum Gasteiger partial charge on any atom is -0.309 e. The fourth-order valence-electron chi connectivity index (χ4n) is 10.4. The summed E-state index contributed by atoms with van der Waals surface area (Å²) in [5, 5.41) is 10.4. The predicted octanol–water partition coefficient (Wildman–Crippen LogP) is 12.6. The van der Waals surface area contributed by atoms with Gasteiger partial charge in [0.1, 0.15) is 0 Å². The second-order valence-corrected chi connectivity index (χ2v) is 20.2. The molecule has 0 fully saturated rings. The molecule has 0 atom stereocenters. The van der Waals surface area contributed by atoms with Crippen LogP contribution in [0.2, 0.25) is 0 Å². The van der Waals surface area contributed by atoms with E-state index in [0.29, 0.717) is 0 Å². The van der Waals surface area contributed by atoms with Gasteiger partial charge in [-0.25, -0.2) is 0 Å². The van der Waals surface area contributed by atoms with Gasteiger partial charge in [0.2, 0.25) is 0 Å². The Morgan fingerprint density at radius 3 is 1.30 bits per heavy atom. The van der Waals surface area contributed by atoms with E-state index in [9.17, 15) is 0 Å². The molecule has 296 valence electrons. The molecule has 0 aliphatic rings. The van der Waals surface area contributed by atoms with Crippen molar-refractivity contribution in [3.8, 4) is 33.6 Å². The van der Waals surface area contributed by atoms with E-state index in [1.54, 1.807) is 0 Å². The van der Waals surface area contributed by atoms with Crippen molar-refractivity contribution in [1.29, 1.82) is 0 Å². The van der Waals surface area contributed by atoms with Crippen molar-refractivity contribution in [2.45, 2.75) is 0 Å². The highest BCUT2D eigenvalue weighted by Crippen LogP contribution is 2.41. The first-order chi connectivity index (χ1) is 31.3. The number of benzene rings is 10. The van der Waals surface area contributed by atoms with Crippen LogP contribution in [-0.4, -0.2) is 17.2 Å². The van der Waals surface area contributed by atoms with Gasteiger partial charge in [-0.1, -0.05) is 212 Å². The molecule has 2 heterocycles. The summed E-state index contributed by atoms with van der Waals surface area (Å²) >= 11 is 0. The third kappa shape index (κ3) is 5.85. The second kappa shape index (κ2) is 15.2. The van der Waals surface area contributed by atoms with Crippen molar-refractivity contribution < 1.29 is 0 Å². The third-order valence-corrected chi connectivity index (χ3v) is 17.9. The highest BCUT2D eigenvalue weighted by atomic mass is 28.3. The molecular weight excluding hydrogens is 777 g/mol. The maximum atomic E-state index is 2.52. The Morgan fingerprint density at radius 1 is 0.254 bits per heavy atom. The van der Waals surface area contributed by atoms with Gasteiger partial charge < -0.3 is 9.13 Å². The second-order valence-electron chi connectivity index (χ2n) is 16.4. The Morgan fingerprint density at radius 2 is 0.683 bits per heavy atom. The van der Waals surface area contributed by atoms with Crippen LogP contribution in [0.25, 0.3) is 77.2 Å². The van der Waals surface area contributed by atoms with E-state index >= 15 is 0 Å². The molecule has 0 spiro atoms. The Balaban J connectivity index is 1.08. The van der Waals surface area contributed by atoms with Crippen LogP contribution in [0.15, 0.2) is 255 Å². The summed E-state index contributed by atoms with van der Waals surface area (Å²) in [6.07, 6.45) is 0. The van der Waals surface area contributed by atoms with Crippen molar-refractivity contribution in [3.05, 3.63) is 255 Å². The van der Waals surface area contributed by atoms with Crippen molar-refractivity contribution in [2.24, 2.45) is 0 Å². The summed E-state index contributed by atoms with van der Waals surface area (Å²) in [5.41, 5.74) is 11.9. The molecule has 10 aromatic carbocycles. The lowest BCUT2D eigenvalue weighted by Crippen LogP contribution is -2.74. The largest absolute Gasteiger partial charge is 0.309 e. The van der Waals surface area contributed by atoms with E-state index in [1.165, 1.54) is 86.6 Å². The molecule has 12 rings (SSSR count). The molecule has 0 N–H and O–H groups in total. The smallest absolute Gasteiger partial charge is 0.179 e. The van der Waals surface area contributed by atoms with Gasteiger partial charge in [-0.2, -0.15) is 0 Å². The van der Waals surface area contributed by atoms with Gasteiger partial charge in [-0.3, -0.25) is 0 Å². The van der Waals surface area contributed by atoms with E-state index < -0.39 is 8.07 Å². The van der Waals surface area contributed by atoms with Crippen LogP contribution in [0.4, 0.5) is 0 Å². The van der Waals surface area contributed by atoms with Crippen LogP contribution in [-0.2, 0) is 0 Å². The summed E-state index contributed by atoms with van der Waals surface area (Å²) in [5.74, 6) is 0. The maximum absolute atomic E-state index is 2.74. The lowest BCUT2D eigenvalue weighted by atomic mass is 9.93. The topological polar surface area (TPSA) is 9.86 Å². The number of para-hydroxylation sites is 3. The van der Waals surface area contributed by atoms with Crippen molar-refractivity contribution in [3.63, 3.8) is 0 Å². The molecule has 63 heavy (non-hydrogen) atoms. The molecule has 2 nitrogen and oxygen atoms in total. The molecular formula is C60H42N2Si. The van der Waals surface area contributed by atoms with Crippen LogP contribution in [0.5, 0.6) is 0 Å². The fraction of sp³-hybridized carbons (Fsp3) is 0. The minimum absolute atomic E-state index is 1.14. The van der Waals surface area contributed by atoms with E-state index in [2.05, 4.69) is 264 Å². The van der Waals surface area contributed by atoms with Gasteiger partial charge in [0.05, 0.1) is 27.8 Å². The van der Waals surface area contributed by atoms with Crippen molar-refractivity contribution in [1.82, 2.24) is 9.13 Å². The molecule has 0 saturated carbocycles. The molecule has 0 aliphatic carbocycles. The molecule has 0 saturated heterocycles. The highest BCUT2D eigenvalue weighted by molar-refractivity contribution is 7.20. The average Bonchev–Trinajstić information content (AvgIpc) is 3.88. The Labute approximate surface area is 368 Å². The third-order valence-electron chi connectivity index (χ3n) is 13.1. The molecule has 0 amide bonds. The quantitative estimate of drug-likeness (QED) is 0.107. The summed E-state index contributed by atoms with van der Waals surface area (Å²) in [6, 6.07) is 94.1. The van der Waals surface area contributed by atoms with Crippen molar-refractivity contribution >= 4 is 72.4 Å². The summed E-state index contributed by atoms with van der Waals surface area (Å²) in [7, 11) is -2.74. The zero-order valence-electron chi connectivity index (χ0n) is 34.6. The van der Waals surface area contributed by atoms with Gasteiger partial charge in [0, 0.05) is 32.8 Å². The lowest BCUT2D eigenvalue weighted by molar-refractivity contribution is 1.17. The molecule has 12 aromatic rings. The molecule has 2 aromatic heterocycles. The van der Waals surface area contributed by atoms with Gasteiger partial charge >= 0.3 is 0 Å². The highest BCUT2D eigenvalue weighted by Gasteiger charge is 2.41. The molecule has 0 radical (unpaired) electrons. The van der Waals surface area contributed by atoms with Gasteiger partial charge in [0.15, 0.2) is 8.07 Å². The number of hydrogen-bond acceptors (Lipinski definition) is 0. The normalized spacial score (nSPS) is 11.8. The number of nitrogens with zero attached hydrogens (tertiary/aromatic N) is 2. The zero-order chi connectivity index (χ0) is 41.7. The van der Waals surface area contributed by atoms with Crippen LogP contribution in [0.3, 0.4) is 0 Å². The first-order valence-corrected chi connectivity index (χ1v) is 23.8. The van der Waals surface area contributed by atoms with Gasteiger partial charge in [-0.15, -0.1) is 0 Å². The average molecular weight is 819 g/mol. The first-order valence-electron chi connectivity index (χ1n) is 21.8. The number of fused-ring (bicyclic) bond motifs is 6. The van der Waals surface area contributed by atoms with E-state index in [-0.39, 0.29) is 0 Å². The van der Waals surface area contributed by atoms with Gasteiger partial charge in [0.25, 0.3) is 0 Å². The van der Waals surface area contributed by atoms with E-state index in [4.69, 9.17) is 0 Å². The Hall–Kier alpha value is -7.98. The van der Waals surface area contributed by atoms with Gasteiger partial charge in [-0.05, 0) is 79.9 Å². The molecule has 3 heteroatoms. The van der Waals surface area contributed by atoms with Crippen LogP contribution < -0.4 is 20.7 Å². The summed E-state index contributed by atoms with van der Waals surface area (Å²) in [4.78, 5) is 0. The Kier molecular flexibility index (Phi) is 8.87. The number of hydrogen-bond donors (Lipinski definition) is 0. The number of rotatable bonds is 8. The zero-order valence-corrected chi connectivity index (χ0v) is 35.6. The molecule has 0 bridgehead atoms. The first kappa shape index (κ1) is 36.8. The standard InChI is InChI=1S/C60H42N2Si/c1-5-21-43(22-6-1)49-29-13-14-30-50(49)51-31-15-19-35-57(51)62-58-36-20-17-32-52(58)54-41-44(37-39-60(54)62)61-56-34-18-16-33-53(56)55-42-48(38-40-59(55)61)63(45-23-7-2-8-24-45,46-25-9-3-10-26-46)47-27-11-4-12-28-47/h1-42H.